The number of phenolic OH excluding ortho intramolecular Hbond substituents is 1. The summed E-state index contributed by atoms with van der Waals surface area (Å²) in [7, 11) is 0.783. The number of aromatic hydroxyl groups is 1. The van der Waals surface area contributed by atoms with Gasteiger partial charge in [0.2, 0.25) is 0 Å². The van der Waals surface area contributed by atoms with Crippen molar-refractivity contribution in [2.24, 2.45) is 0 Å². The summed E-state index contributed by atoms with van der Waals surface area (Å²) in [5, 5.41) is 9.87. The van der Waals surface area contributed by atoms with Crippen LogP contribution in [0.2, 0.25) is 0 Å². The van der Waals surface area contributed by atoms with Crippen molar-refractivity contribution in [3.8, 4) is 11.5 Å². The first kappa shape index (κ1) is 21.5. The topological polar surface area (TPSA) is 82.1 Å². The number of carbonyl (C=O) groups is 2. The van der Waals surface area contributed by atoms with Crippen molar-refractivity contribution in [2.45, 2.75) is 45.8 Å². The Bertz CT molecular complexity index is 756. The third kappa shape index (κ3) is 4.75. The predicted octanol–water partition coefficient (Wildman–Crippen LogP) is 3.51. The van der Waals surface area contributed by atoms with Crippen LogP contribution in [-0.4, -0.2) is 47.7 Å². The van der Waals surface area contributed by atoms with E-state index in [9.17, 15) is 14.7 Å². The Balaban J connectivity index is 2.49. The van der Waals surface area contributed by atoms with E-state index in [1.807, 2.05) is 27.7 Å². The van der Waals surface area contributed by atoms with Gasteiger partial charge in [0.15, 0.2) is 22.9 Å². The zero-order valence-electron chi connectivity index (χ0n) is 16.5. The van der Waals surface area contributed by atoms with Gasteiger partial charge < -0.3 is 19.2 Å². The van der Waals surface area contributed by atoms with Crippen LogP contribution in [-0.2, 0) is 14.1 Å². The molecule has 1 N–H and O–H groups in total. The molecule has 0 atom stereocenters. The molecule has 6 nitrogen and oxygen atoms in total. The van der Waals surface area contributed by atoms with Crippen molar-refractivity contribution in [1.82, 2.24) is 0 Å². The minimum absolute atomic E-state index is 0.0312. The maximum absolute atomic E-state index is 11.5. The molecule has 2 rings (SSSR count). The van der Waals surface area contributed by atoms with Crippen molar-refractivity contribution < 1.29 is 28.7 Å². The fraction of sp³-hybridized carbons (Fsp3) is 0.474. The first-order valence-corrected chi connectivity index (χ1v) is 9.55. The molecule has 0 unspecified atom stereocenters. The van der Waals surface area contributed by atoms with Gasteiger partial charge in [0.25, 0.3) is 0 Å². The molecule has 8 heteroatoms. The van der Waals surface area contributed by atoms with Gasteiger partial charge in [-0.15, -0.1) is 0 Å². The first-order valence-electron chi connectivity index (χ1n) is 8.56. The van der Waals surface area contributed by atoms with Gasteiger partial charge in [0.1, 0.15) is 0 Å². The number of phenols is 1. The molecule has 146 valence electrons. The standard InChI is InChI=1S/C19H25BO6S/c1-12(22)27-11-15(20-25-18(2,3)19(4,5)26-20)7-13-9-17(24-6)16(23)8-14(13)10-21/h7-10,23H,11H2,1-6H3. The van der Waals surface area contributed by atoms with E-state index in [1.54, 1.807) is 12.1 Å². The highest BCUT2D eigenvalue weighted by atomic mass is 32.2. The Morgan fingerprint density at radius 1 is 1.22 bits per heavy atom. The predicted molar refractivity (Wildman–Crippen MR) is 107 cm³/mol. The summed E-state index contributed by atoms with van der Waals surface area (Å²) >= 11 is 1.14. The molecule has 0 spiro atoms. The van der Waals surface area contributed by atoms with Crippen molar-refractivity contribution in [1.29, 1.82) is 0 Å². The normalized spacial score (nSPS) is 18.4. The lowest BCUT2D eigenvalue weighted by atomic mass is 9.78. The van der Waals surface area contributed by atoms with Crippen LogP contribution >= 0.6 is 11.8 Å². The summed E-state index contributed by atoms with van der Waals surface area (Å²) in [6.45, 7) is 9.28. The number of carbonyl (C=O) groups excluding carboxylic acids is 2. The second-order valence-electron chi connectivity index (χ2n) is 7.36. The van der Waals surface area contributed by atoms with E-state index in [4.69, 9.17) is 14.0 Å². The number of methoxy groups -OCH3 is 1. The molecule has 0 saturated carbocycles. The van der Waals surface area contributed by atoms with Crippen LogP contribution < -0.4 is 4.74 Å². The van der Waals surface area contributed by atoms with Crippen molar-refractivity contribution in [3.63, 3.8) is 0 Å². The van der Waals surface area contributed by atoms with Crippen LogP contribution in [0.25, 0.3) is 6.08 Å². The Morgan fingerprint density at radius 3 is 2.30 bits per heavy atom. The van der Waals surface area contributed by atoms with Gasteiger partial charge >= 0.3 is 7.12 Å². The molecule has 27 heavy (non-hydrogen) atoms. The average molecular weight is 392 g/mol. The molecule has 1 aromatic rings. The number of aldehydes is 1. The van der Waals surface area contributed by atoms with Gasteiger partial charge in [-0.05, 0) is 50.9 Å². The van der Waals surface area contributed by atoms with Crippen molar-refractivity contribution >= 4 is 36.4 Å². The van der Waals surface area contributed by atoms with E-state index in [0.29, 0.717) is 28.6 Å². The van der Waals surface area contributed by atoms with Crippen LogP contribution in [0.1, 0.15) is 50.5 Å². The largest absolute Gasteiger partial charge is 0.504 e. The highest BCUT2D eigenvalue weighted by molar-refractivity contribution is 8.13. The monoisotopic (exact) mass is 392 g/mol. The summed E-state index contributed by atoms with van der Waals surface area (Å²) in [6.07, 6.45) is 2.41. The first-order chi connectivity index (χ1) is 12.5. The van der Waals surface area contributed by atoms with Crippen LogP contribution in [0.3, 0.4) is 0 Å². The minimum atomic E-state index is -0.652. The minimum Gasteiger partial charge on any atom is -0.504 e. The molecule has 1 aliphatic heterocycles. The Hall–Kier alpha value is -1.77. The number of hydrogen-bond donors (Lipinski definition) is 1. The second-order valence-corrected chi connectivity index (χ2v) is 8.51. The zero-order valence-corrected chi connectivity index (χ0v) is 17.3. The molecule has 1 aliphatic rings. The van der Waals surface area contributed by atoms with E-state index >= 15 is 0 Å². The highest BCUT2D eigenvalue weighted by Crippen LogP contribution is 2.40. The number of ether oxygens (including phenoxy) is 1. The quantitative estimate of drug-likeness (QED) is 0.586. The average Bonchev–Trinajstić information content (AvgIpc) is 2.79. The zero-order chi connectivity index (χ0) is 20.4. The van der Waals surface area contributed by atoms with Gasteiger partial charge in [0, 0.05) is 18.2 Å². The molecule has 0 aromatic heterocycles. The summed E-state index contributed by atoms with van der Waals surface area (Å²) < 4.78 is 17.3. The fourth-order valence-corrected chi connectivity index (χ4v) is 3.14. The van der Waals surface area contributed by atoms with Gasteiger partial charge in [0.05, 0.1) is 18.3 Å². The number of rotatable bonds is 6. The molecule has 1 fully saturated rings. The Kier molecular flexibility index (Phi) is 6.45. The van der Waals surface area contributed by atoms with Crippen molar-refractivity contribution in [2.75, 3.05) is 12.9 Å². The van der Waals surface area contributed by atoms with Gasteiger partial charge in [-0.2, -0.15) is 0 Å². The molecular formula is C19H25BO6S. The molecule has 1 aromatic carbocycles. The smallest absolute Gasteiger partial charge is 0.491 e. The Labute approximate surface area is 164 Å². The van der Waals surface area contributed by atoms with Crippen LogP contribution in [0.5, 0.6) is 11.5 Å². The fourth-order valence-electron chi connectivity index (χ4n) is 2.55. The molecule has 1 heterocycles. The van der Waals surface area contributed by atoms with E-state index in [0.717, 1.165) is 11.8 Å². The summed E-state index contributed by atoms with van der Waals surface area (Å²) in [5.74, 6) is 0.486. The SMILES string of the molecule is COc1cc(C=C(CSC(C)=O)B2OC(C)(C)C(C)(C)O2)c(C=O)cc1O. The third-order valence-corrected chi connectivity index (χ3v) is 5.73. The lowest BCUT2D eigenvalue weighted by molar-refractivity contribution is -0.109. The Morgan fingerprint density at radius 2 is 1.81 bits per heavy atom. The third-order valence-electron chi connectivity index (χ3n) is 4.85. The summed E-state index contributed by atoms with van der Waals surface area (Å²) in [4.78, 5) is 22.9. The highest BCUT2D eigenvalue weighted by Gasteiger charge is 2.52. The lowest BCUT2D eigenvalue weighted by Gasteiger charge is -2.32. The number of hydrogen-bond acceptors (Lipinski definition) is 7. The van der Waals surface area contributed by atoms with Crippen LogP contribution in [0.4, 0.5) is 0 Å². The molecule has 0 aliphatic carbocycles. The lowest BCUT2D eigenvalue weighted by Crippen LogP contribution is -2.41. The van der Waals surface area contributed by atoms with E-state index < -0.39 is 18.3 Å². The van der Waals surface area contributed by atoms with Gasteiger partial charge in [-0.25, -0.2) is 0 Å². The van der Waals surface area contributed by atoms with E-state index in [-0.39, 0.29) is 16.6 Å². The van der Waals surface area contributed by atoms with Gasteiger partial charge in [-0.3, -0.25) is 9.59 Å². The summed E-state index contributed by atoms with van der Waals surface area (Å²) in [5.41, 5.74) is 0.503. The van der Waals surface area contributed by atoms with E-state index in [2.05, 4.69) is 0 Å². The molecule has 0 amide bonds. The maximum Gasteiger partial charge on any atom is 0.491 e. The number of thioether (sulfide) groups is 1. The van der Waals surface area contributed by atoms with Crippen LogP contribution in [0.15, 0.2) is 17.6 Å². The van der Waals surface area contributed by atoms with E-state index in [1.165, 1.54) is 20.1 Å². The van der Waals surface area contributed by atoms with Crippen LogP contribution in [0, 0.1) is 0 Å². The maximum atomic E-state index is 11.5. The molecular weight excluding hydrogens is 367 g/mol. The number of benzene rings is 1. The van der Waals surface area contributed by atoms with Crippen molar-refractivity contribution in [3.05, 3.63) is 28.7 Å². The molecule has 0 bridgehead atoms. The molecule has 0 radical (unpaired) electrons. The second kappa shape index (κ2) is 8.08. The summed E-state index contributed by atoms with van der Waals surface area (Å²) in [6, 6.07) is 2.92. The van der Waals surface area contributed by atoms with Gasteiger partial charge in [-0.1, -0.05) is 17.8 Å². The molecule has 1 saturated heterocycles.